The number of pyridine rings is 1. The third-order valence-corrected chi connectivity index (χ3v) is 2.91. The van der Waals surface area contributed by atoms with Gasteiger partial charge in [-0.1, -0.05) is 0 Å². The number of sulfonamides is 1. The van der Waals surface area contributed by atoms with Gasteiger partial charge in [-0.3, -0.25) is 4.72 Å². The molecule has 0 amide bonds. The summed E-state index contributed by atoms with van der Waals surface area (Å²) in [5, 5.41) is 0. The number of aromatic nitrogens is 1. The number of nitrogens with one attached hydrogen (secondary N) is 1. The molecule has 0 atom stereocenters. The Bertz CT molecular complexity index is 431. The third-order valence-electron chi connectivity index (χ3n) is 1.62. The van der Waals surface area contributed by atoms with Crippen molar-refractivity contribution in [2.45, 2.75) is 13.8 Å². The van der Waals surface area contributed by atoms with Crippen molar-refractivity contribution in [2.75, 3.05) is 10.5 Å². The topological polar surface area (TPSA) is 59.1 Å². The molecule has 0 bridgehead atoms. The first-order valence-electron chi connectivity index (χ1n) is 4.07. The maximum Gasteiger partial charge on any atom is 0.237 e. The van der Waals surface area contributed by atoms with Gasteiger partial charge in [-0.15, -0.1) is 0 Å². The van der Waals surface area contributed by atoms with E-state index in [2.05, 4.69) is 9.71 Å². The fraction of sp³-hybridized carbons (Fsp3) is 0.375. The highest BCUT2D eigenvalue weighted by Crippen LogP contribution is 2.14. The lowest BCUT2D eigenvalue weighted by molar-refractivity contribution is 0.583. The van der Waals surface area contributed by atoms with Gasteiger partial charge in [0.25, 0.3) is 0 Å². The van der Waals surface area contributed by atoms with Gasteiger partial charge in [0, 0.05) is 6.20 Å². The Morgan fingerprint density at radius 2 is 2.21 bits per heavy atom. The first-order valence-corrected chi connectivity index (χ1v) is 5.72. The van der Waals surface area contributed by atoms with E-state index in [0.717, 1.165) is 0 Å². The summed E-state index contributed by atoms with van der Waals surface area (Å²) in [6.45, 7) is 3.18. The number of hydrogen-bond donors (Lipinski definition) is 1. The van der Waals surface area contributed by atoms with Crippen molar-refractivity contribution in [3.8, 4) is 0 Å². The number of halogens is 1. The van der Waals surface area contributed by atoms with Crippen molar-refractivity contribution in [1.82, 2.24) is 4.98 Å². The van der Waals surface area contributed by atoms with E-state index in [1.54, 1.807) is 6.92 Å². The number of anilines is 1. The zero-order valence-electron chi connectivity index (χ0n) is 7.91. The SMILES string of the molecule is CCS(=O)(=O)Nc1cc(C)cnc1F. The average Bonchev–Trinajstić information content (AvgIpc) is 2.11. The summed E-state index contributed by atoms with van der Waals surface area (Å²) in [5.41, 5.74) is 0.590. The number of rotatable bonds is 3. The molecule has 0 aromatic carbocycles. The molecule has 0 saturated heterocycles. The van der Waals surface area contributed by atoms with Crippen molar-refractivity contribution in [3.63, 3.8) is 0 Å². The predicted octanol–water partition coefficient (Wildman–Crippen LogP) is 1.29. The second-order valence-corrected chi connectivity index (χ2v) is 4.87. The molecule has 0 saturated carbocycles. The standard InChI is InChI=1S/C8H11FN2O2S/c1-3-14(12,13)11-7-4-6(2)5-10-8(7)9/h4-5,11H,3H2,1-2H3. The van der Waals surface area contributed by atoms with Crippen LogP contribution in [0.5, 0.6) is 0 Å². The minimum atomic E-state index is -3.44. The van der Waals surface area contributed by atoms with E-state index in [1.165, 1.54) is 19.2 Å². The van der Waals surface area contributed by atoms with Crippen LogP contribution in [-0.4, -0.2) is 19.2 Å². The smallest absolute Gasteiger partial charge is 0.237 e. The molecule has 6 heteroatoms. The summed E-state index contributed by atoms with van der Waals surface area (Å²) in [6.07, 6.45) is 1.33. The summed E-state index contributed by atoms with van der Waals surface area (Å²) in [7, 11) is -3.44. The maximum absolute atomic E-state index is 13.0. The lowest BCUT2D eigenvalue weighted by atomic mass is 10.3. The second kappa shape index (κ2) is 3.91. The van der Waals surface area contributed by atoms with E-state index in [-0.39, 0.29) is 11.4 Å². The Labute approximate surface area is 82.2 Å². The second-order valence-electron chi connectivity index (χ2n) is 2.86. The number of nitrogens with zero attached hydrogens (tertiary/aromatic N) is 1. The molecule has 0 unspecified atom stereocenters. The van der Waals surface area contributed by atoms with Crippen LogP contribution in [-0.2, 0) is 10.0 Å². The van der Waals surface area contributed by atoms with Crippen LogP contribution in [0.15, 0.2) is 12.3 Å². The molecule has 0 radical (unpaired) electrons. The van der Waals surface area contributed by atoms with Gasteiger partial charge < -0.3 is 0 Å². The van der Waals surface area contributed by atoms with Crippen LogP contribution in [0.4, 0.5) is 10.1 Å². The van der Waals surface area contributed by atoms with Gasteiger partial charge in [-0.05, 0) is 25.5 Å². The Hall–Kier alpha value is -1.17. The van der Waals surface area contributed by atoms with Gasteiger partial charge in [-0.25, -0.2) is 13.4 Å². The van der Waals surface area contributed by atoms with Crippen LogP contribution in [0, 0.1) is 12.9 Å². The van der Waals surface area contributed by atoms with Crippen LogP contribution in [0.2, 0.25) is 0 Å². The Morgan fingerprint density at radius 1 is 1.57 bits per heavy atom. The van der Waals surface area contributed by atoms with Gasteiger partial charge in [0.2, 0.25) is 16.0 Å². The van der Waals surface area contributed by atoms with E-state index in [4.69, 9.17) is 0 Å². The lowest BCUT2D eigenvalue weighted by Gasteiger charge is -2.06. The van der Waals surface area contributed by atoms with Crippen molar-refractivity contribution < 1.29 is 12.8 Å². The van der Waals surface area contributed by atoms with Crippen molar-refractivity contribution in [1.29, 1.82) is 0 Å². The van der Waals surface area contributed by atoms with Gasteiger partial charge in [-0.2, -0.15) is 4.39 Å². The minimum absolute atomic E-state index is 0.0968. The molecule has 0 aliphatic heterocycles. The van der Waals surface area contributed by atoms with Crippen molar-refractivity contribution in [3.05, 3.63) is 23.8 Å². The molecule has 1 aromatic rings. The van der Waals surface area contributed by atoms with Crippen LogP contribution in [0.25, 0.3) is 0 Å². The summed E-state index contributed by atoms with van der Waals surface area (Å²) in [6, 6.07) is 1.40. The van der Waals surface area contributed by atoms with Crippen molar-refractivity contribution >= 4 is 15.7 Å². The molecule has 0 aliphatic carbocycles. The first-order chi connectivity index (χ1) is 6.44. The van der Waals surface area contributed by atoms with E-state index < -0.39 is 16.0 Å². The van der Waals surface area contributed by atoms with Gasteiger partial charge in [0.05, 0.1) is 5.75 Å². The lowest BCUT2D eigenvalue weighted by Crippen LogP contribution is -2.16. The molecule has 0 aliphatic rings. The van der Waals surface area contributed by atoms with E-state index >= 15 is 0 Å². The van der Waals surface area contributed by atoms with Crippen LogP contribution < -0.4 is 4.72 Å². The van der Waals surface area contributed by atoms with E-state index in [1.807, 2.05) is 0 Å². The summed E-state index contributed by atoms with van der Waals surface area (Å²) in [5.74, 6) is -0.909. The molecule has 4 nitrogen and oxygen atoms in total. The third kappa shape index (κ3) is 2.66. The zero-order valence-corrected chi connectivity index (χ0v) is 8.73. The molecule has 1 heterocycles. The average molecular weight is 218 g/mol. The summed E-state index contributed by atoms with van der Waals surface area (Å²) >= 11 is 0. The molecule has 78 valence electrons. The normalized spacial score (nSPS) is 11.4. The monoisotopic (exact) mass is 218 g/mol. The van der Waals surface area contributed by atoms with E-state index in [9.17, 15) is 12.8 Å². The van der Waals surface area contributed by atoms with Crippen LogP contribution in [0.3, 0.4) is 0 Å². The highest BCUT2D eigenvalue weighted by Gasteiger charge is 2.11. The van der Waals surface area contributed by atoms with Crippen molar-refractivity contribution in [2.24, 2.45) is 0 Å². The molecule has 14 heavy (non-hydrogen) atoms. The fourth-order valence-corrected chi connectivity index (χ4v) is 1.49. The molecular weight excluding hydrogens is 207 g/mol. The predicted molar refractivity (Wildman–Crippen MR) is 52.0 cm³/mol. The first kappa shape index (κ1) is 10.9. The van der Waals surface area contributed by atoms with Crippen LogP contribution >= 0.6 is 0 Å². The van der Waals surface area contributed by atoms with Crippen LogP contribution in [0.1, 0.15) is 12.5 Å². The zero-order chi connectivity index (χ0) is 10.8. The van der Waals surface area contributed by atoms with Gasteiger partial charge in [0.15, 0.2) is 0 Å². The molecular formula is C8H11FN2O2S. The summed E-state index contributed by atoms with van der Waals surface area (Å²) in [4.78, 5) is 3.40. The minimum Gasteiger partial charge on any atom is -0.279 e. The molecule has 1 rings (SSSR count). The fourth-order valence-electron chi connectivity index (χ4n) is 0.864. The molecule has 0 fully saturated rings. The Morgan fingerprint density at radius 3 is 2.79 bits per heavy atom. The molecule has 1 aromatic heterocycles. The highest BCUT2D eigenvalue weighted by atomic mass is 32.2. The highest BCUT2D eigenvalue weighted by molar-refractivity contribution is 7.92. The number of hydrogen-bond acceptors (Lipinski definition) is 3. The summed E-state index contributed by atoms with van der Waals surface area (Å²) < 4.78 is 37.4. The quantitative estimate of drug-likeness (QED) is 0.778. The van der Waals surface area contributed by atoms with Gasteiger partial charge in [0.1, 0.15) is 5.69 Å². The van der Waals surface area contributed by atoms with E-state index in [0.29, 0.717) is 5.56 Å². The maximum atomic E-state index is 13.0. The molecule has 1 N–H and O–H groups in total. The largest absolute Gasteiger partial charge is 0.279 e. The Balaban J connectivity index is 3.03. The van der Waals surface area contributed by atoms with Gasteiger partial charge >= 0.3 is 0 Å². The molecule has 0 spiro atoms. The number of aryl methyl sites for hydroxylation is 1. The Kier molecular flexibility index (Phi) is 3.05.